The van der Waals surface area contributed by atoms with E-state index in [2.05, 4.69) is 34.7 Å². The van der Waals surface area contributed by atoms with Crippen molar-refractivity contribution in [3.63, 3.8) is 0 Å². The van der Waals surface area contributed by atoms with Gasteiger partial charge in [0.15, 0.2) is 0 Å². The van der Waals surface area contributed by atoms with Crippen molar-refractivity contribution in [2.75, 3.05) is 0 Å². The lowest BCUT2D eigenvalue weighted by atomic mass is 10.1. The van der Waals surface area contributed by atoms with Crippen LogP contribution in [0, 0.1) is 0 Å². The van der Waals surface area contributed by atoms with Crippen LogP contribution in [0.5, 0.6) is 0 Å². The molecule has 0 amide bonds. The van der Waals surface area contributed by atoms with Crippen LogP contribution < -0.4 is 11.3 Å². The van der Waals surface area contributed by atoms with Crippen LogP contribution in [0.3, 0.4) is 0 Å². The Morgan fingerprint density at radius 3 is 2.86 bits per heavy atom. The van der Waals surface area contributed by atoms with Crippen molar-refractivity contribution in [2.45, 2.75) is 25.9 Å². The quantitative estimate of drug-likeness (QED) is 0.553. The maximum absolute atomic E-state index is 5.82. The Labute approximate surface area is 123 Å². The Balaban J connectivity index is 2.12. The van der Waals surface area contributed by atoms with Crippen molar-refractivity contribution in [3.05, 3.63) is 47.9 Å². The van der Waals surface area contributed by atoms with Crippen LogP contribution in [-0.2, 0) is 13.6 Å². The fraction of sp³-hybridized carbons (Fsp3) is 0.333. The number of aromatic nitrogens is 4. The van der Waals surface area contributed by atoms with E-state index in [1.807, 2.05) is 34.6 Å². The molecule has 0 saturated heterocycles. The second-order valence-electron chi connectivity index (χ2n) is 5.10. The van der Waals surface area contributed by atoms with Crippen LogP contribution in [0.25, 0.3) is 10.9 Å². The number of nitrogens with one attached hydrogen (secondary N) is 1. The van der Waals surface area contributed by atoms with E-state index >= 15 is 0 Å². The normalized spacial score (nSPS) is 12.9. The Hall–Kier alpha value is -2.18. The first-order valence-corrected chi connectivity index (χ1v) is 7.15. The summed E-state index contributed by atoms with van der Waals surface area (Å²) in [4.78, 5) is 0. The minimum Gasteiger partial charge on any atom is -0.270 e. The minimum atomic E-state index is -0.176. The number of benzene rings is 1. The monoisotopic (exact) mass is 284 g/mol. The smallest absolute Gasteiger partial charge is 0.107 e. The van der Waals surface area contributed by atoms with E-state index in [0.717, 1.165) is 35.3 Å². The highest BCUT2D eigenvalue weighted by Crippen LogP contribution is 2.27. The highest BCUT2D eigenvalue weighted by Gasteiger charge is 2.22. The van der Waals surface area contributed by atoms with E-state index in [4.69, 9.17) is 5.84 Å². The van der Waals surface area contributed by atoms with Crippen molar-refractivity contribution in [1.82, 2.24) is 25.0 Å². The summed E-state index contributed by atoms with van der Waals surface area (Å²) in [5.41, 5.74) is 5.94. The molecule has 1 aromatic carbocycles. The molecule has 0 aliphatic carbocycles. The molecule has 3 N–H and O–H groups in total. The molecule has 1 unspecified atom stereocenters. The van der Waals surface area contributed by atoms with Gasteiger partial charge in [-0.15, -0.1) is 0 Å². The first-order valence-electron chi connectivity index (χ1n) is 7.15. The third-order valence-corrected chi connectivity index (χ3v) is 3.71. The van der Waals surface area contributed by atoms with Gasteiger partial charge >= 0.3 is 0 Å². The Morgan fingerprint density at radius 1 is 1.29 bits per heavy atom. The summed E-state index contributed by atoms with van der Waals surface area (Å²) in [6.07, 6.45) is 2.83. The van der Waals surface area contributed by atoms with Gasteiger partial charge in [0.05, 0.1) is 16.9 Å². The molecule has 2 aromatic heterocycles. The molecule has 0 saturated carbocycles. The Bertz CT molecular complexity index is 742. The van der Waals surface area contributed by atoms with Crippen LogP contribution in [0.4, 0.5) is 0 Å². The molecule has 3 rings (SSSR count). The van der Waals surface area contributed by atoms with Gasteiger partial charge in [-0.3, -0.25) is 15.2 Å². The molecule has 0 bridgehead atoms. The van der Waals surface area contributed by atoms with E-state index < -0.39 is 0 Å². The van der Waals surface area contributed by atoms with Gasteiger partial charge in [-0.2, -0.15) is 10.2 Å². The first-order chi connectivity index (χ1) is 10.3. The Morgan fingerprint density at radius 2 is 2.10 bits per heavy atom. The lowest BCUT2D eigenvalue weighted by Gasteiger charge is -2.16. The van der Waals surface area contributed by atoms with Gasteiger partial charge in [0.1, 0.15) is 6.04 Å². The van der Waals surface area contributed by atoms with E-state index in [0.29, 0.717) is 0 Å². The van der Waals surface area contributed by atoms with Crippen LogP contribution in [0.15, 0.2) is 36.5 Å². The third-order valence-electron chi connectivity index (χ3n) is 3.71. The maximum Gasteiger partial charge on any atom is 0.107 e. The number of aryl methyl sites for hydroxylation is 2. The van der Waals surface area contributed by atoms with Crippen molar-refractivity contribution < 1.29 is 0 Å². The summed E-state index contributed by atoms with van der Waals surface area (Å²) < 4.78 is 3.86. The van der Waals surface area contributed by atoms with Crippen molar-refractivity contribution in [2.24, 2.45) is 12.9 Å². The van der Waals surface area contributed by atoms with Crippen LogP contribution in [0.2, 0.25) is 0 Å². The molecule has 0 spiro atoms. The highest BCUT2D eigenvalue weighted by atomic mass is 15.3. The molecule has 6 heteroatoms. The SMILES string of the molecule is CCCn1nccc1C(NN)c1nn(C)c2ccccc12. The molecule has 6 nitrogen and oxygen atoms in total. The molecule has 0 aliphatic heterocycles. The number of nitrogens with zero attached hydrogens (tertiary/aromatic N) is 4. The predicted octanol–water partition coefficient (Wildman–Crippen LogP) is 1.73. The van der Waals surface area contributed by atoms with Crippen LogP contribution in [-0.4, -0.2) is 19.6 Å². The highest BCUT2D eigenvalue weighted by molar-refractivity contribution is 5.82. The number of hydrazine groups is 1. The molecule has 0 fully saturated rings. The van der Waals surface area contributed by atoms with Gasteiger partial charge in [0.2, 0.25) is 0 Å². The van der Waals surface area contributed by atoms with E-state index in [-0.39, 0.29) is 6.04 Å². The fourth-order valence-electron chi connectivity index (χ4n) is 2.75. The summed E-state index contributed by atoms with van der Waals surface area (Å²) in [5.74, 6) is 5.82. The van der Waals surface area contributed by atoms with Gasteiger partial charge in [0, 0.05) is 25.2 Å². The molecule has 0 radical (unpaired) electrons. The van der Waals surface area contributed by atoms with Crippen molar-refractivity contribution >= 4 is 10.9 Å². The second-order valence-corrected chi connectivity index (χ2v) is 5.10. The van der Waals surface area contributed by atoms with E-state index in [9.17, 15) is 0 Å². The van der Waals surface area contributed by atoms with E-state index in [1.54, 1.807) is 6.20 Å². The number of nitrogens with two attached hydrogens (primary N) is 1. The number of rotatable bonds is 5. The molecular weight excluding hydrogens is 264 g/mol. The molecular formula is C15H20N6. The maximum atomic E-state index is 5.82. The number of hydrogen-bond donors (Lipinski definition) is 2. The summed E-state index contributed by atoms with van der Waals surface area (Å²) in [5, 5.41) is 10.1. The number of fused-ring (bicyclic) bond motifs is 1. The largest absolute Gasteiger partial charge is 0.270 e. The van der Waals surface area contributed by atoms with Gasteiger partial charge in [-0.05, 0) is 18.6 Å². The predicted molar refractivity (Wildman–Crippen MR) is 82.4 cm³/mol. The van der Waals surface area contributed by atoms with Gasteiger partial charge in [-0.25, -0.2) is 5.43 Å². The standard InChI is InChI=1S/C15H20N6/c1-3-10-21-13(8-9-17-21)15(18-16)14-11-6-4-5-7-12(11)20(2)19-14/h4-9,15,18H,3,10,16H2,1-2H3. The summed E-state index contributed by atoms with van der Waals surface area (Å²) in [6, 6.07) is 9.98. The average molecular weight is 284 g/mol. The van der Waals surface area contributed by atoms with E-state index in [1.165, 1.54) is 0 Å². The molecule has 0 aliphatic rings. The molecule has 110 valence electrons. The summed E-state index contributed by atoms with van der Waals surface area (Å²) >= 11 is 0. The van der Waals surface area contributed by atoms with Gasteiger partial charge in [-0.1, -0.05) is 25.1 Å². The second kappa shape index (κ2) is 5.67. The zero-order valence-corrected chi connectivity index (χ0v) is 12.3. The number of hydrogen-bond acceptors (Lipinski definition) is 4. The third kappa shape index (κ3) is 2.32. The van der Waals surface area contributed by atoms with Crippen molar-refractivity contribution in [1.29, 1.82) is 0 Å². The average Bonchev–Trinajstić information content (AvgIpc) is 3.08. The summed E-state index contributed by atoms with van der Waals surface area (Å²) in [7, 11) is 1.95. The van der Waals surface area contributed by atoms with Crippen LogP contribution >= 0.6 is 0 Å². The molecule has 1 atom stereocenters. The lowest BCUT2D eigenvalue weighted by Crippen LogP contribution is -2.31. The fourth-order valence-corrected chi connectivity index (χ4v) is 2.75. The zero-order chi connectivity index (χ0) is 14.8. The van der Waals surface area contributed by atoms with Gasteiger partial charge < -0.3 is 0 Å². The summed E-state index contributed by atoms with van der Waals surface area (Å²) in [6.45, 7) is 3.00. The molecule has 3 aromatic rings. The first kappa shape index (κ1) is 13.8. The van der Waals surface area contributed by atoms with Gasteiger partial charge in [0.25, 0.3) is 0 Å². The molecule has 2 heterocycles. The molecule has 21 heavy (non-hydrogen) atoms. The Kier molecular flexibility index (Phi) is 3.72. The minimum absolute atomic E-state index is 0.176. The van der Waals surface area contributed by atoms with Crippen molar-refractivity contribution in [3.8, 4) is 0 Å². The topological polar surface area (TPSA) is 73.7 Å². The van der Waals surface area contributed by atoms with Crippen LogP contribution in [0.1, 0.15) is 30.8 Å². The number of para-hydroxylation sites is 1. The zero-order valence-electron chi connectivity index (χ0n) is 12.3. The lowest BCUT2D eigenvalue weighted by molar-refractivity contribution is 0.512.